The van der Waals surface area contributed by atoms with Crippen molar-refractivity contribution in [2.45, 2.75) is 10.9 Å². The van der Waals surface area contributed by atoms with E-state index in [0.29, 0.717) is 24.7 Å². The standard InChI is InChI=1S/C25H29N3O6S/c1-31-20-6-4-19(5-7-20)27-10-12-28(13-11-27)22(23-3-2-14-32-23)18-26-35(29,30)21-8-9-24-25(17-21)34-16-15-33-24/h2-9,14,17,22,26H,10-13,15-16,18H2,1H3/t22-/m0/s1. The third-order valence-corrected chi connectivity index (χ3v) is 7.78. The first kappa shape index (κ1) is 23.5. The van der Waals surface area contributed by atoms with Crippen molar-refractivity contribution in [2.75, 3.05) is 57.9 Å². The molecule has 2 aliphatic heterocycles. The molecule has 3 aromatic rings. The lowest BCUT2D eigenvalue weighted by atomic mass is 10.1. The predicted molar refractivity (Wildman–Crippen MR) is 131 cm³/mol. The van der Waals surface area contributed by atoms with Crippen molar-refractivity contribution in [2.24, 2.45) is 0 Å². The van der Waals surface area contributed by atoms with Crippen molar-refractivity contribution in [1.82, 2.24) is 9.62 Å². The minimum atomic E-state index is -3.76. The van der Waals surface area contributed by atoms with E-state index in [-0.39, 0.29) is 17.5 Å². The zero-order valence-electron chi connectivity index (χ0n) is 19.6. The van der Waals surface area contributed by atoms with E-state index in [4.69, 9.17) is 18.6 Å². The molecule has 1 aromatic heterocycles. The van der Waals surface area contributed by atoms with Crippen LogP contribution in [0.2, 0.25) is 0 Å². The molecule has 0 radical (unpaired) electrons. The van der Waals surface area contributed by atoms with Gasteiger partial charge in [0.25, 0.3) is 0 Å². The lowest BCUT2D eigenvalue weighted by molar-refractivity contribution is 0.166. The number of fused-ring (bicyclic) bond motifs is 1. The van der Waals surface area contributed by atoms with Crippen LogP contribution in [0.5, 0.6) is 17.2 Å². The van der Waals surface area contributed by atoms with Crippen LogP contribution in [0.4, 0.5) is 5.69 Å². The van der Waals surface area contributed by atoms with Crippen LogP contribution >= 0.6 is 0 Å². The maximum absolute atomic E-state index is 13.1. The fourth-order valence-electron chi connectivity index (χ4n) is 4.44. The number of furan rings is 1. The molecule has 0 bridgehead atoms. The van der Waals surface area contributed by atoms with Crippen LogP contribution < -0.4 is 23.8 Å². The van der Waals surface area contributed by atoms with E-state index in [1.807, 2.05) is 24.3 Å². The van der Waals surface area contributed by atoms with Gasteiger partial charge in [0.2, 0.25) is 10.0 Å². The highest BCUT2D eigenvalue weighted by molar-refractivity contribution is 7.89. The Balaban J connectivity index is 1.26. The molecule has 35 heavy (non-hydrogen) atoms. The Morgan fingerprint density at radius 3 is 2.40 bits per heavy atom. The monoisotopic (exact) mass is 499 g/mol. The summed E-state index contributed by atoms with van der Waals surface area (Å²) in [5, 5.41) is 0. The smallest absolute Gasteiger partial charge is 0.240 e. The number of ether oxygens (including phenoxy) is 3. The summed E-state index contributed by atoms with van der Waals surface area (Å²) in [5.41, 5.74) is 1.14. The van der Waals surface area contributed by atoms with Crippen LogP contribution in [0.25, 0.3) is 0 Å². The molecule has 1 N–H and O–H groups in total. The van der Waals surface area contributed by atoms with Gasteiger partial charge in [-0.15, -0.1) is 0 Å². The maximum Gasteiger partial charge on any atom is 0.240 e. The van der Waals surface area contributed by atoms with Gasteiger partial charge in [-0.2, -0.15) is 0 Å². The first-order valence-electron chi connectivity index (χ1n) is 11.6. The van der Waals surface area contributed by atoms with Gasteiger partial charge in [0.05, 0.1) is 24.3 Å². The quantitative estimate of drug-likeness (QED) is 0.506. The first-order valence-corrected chi connectivity index (χ1v) is 13.1. The average molecular weight is 500 g/mol. The second kappa shape index (κ2) is 10.2. The van der Waals surface area contributed by atoms with Gasteiger partial charge >= 0.3 is 0 Å². The Hall–Kier alpha value is -3.21. The molecule has 2 aromatic carbocycles. The van der Waals surface area contributed by atoms with Gasteiger partial charge in [0, 0.05) is 44.5 Å². The van der Waals surface area contributed by atoms with E-state index in [1.54, 1.807) is 19.4 Å². The SMILES string of the molecule is COc1ccc(N2CCN([C@@H](CNS(=O)(=O)c3ccc4c(c3)OCCO4)c3ccco3)CC2)cc1. The van der Waals surface area contributed by atoms with Gasteiger partial charge in [0.1, 0.15) is 24.7 Å². The summed E-state index contributed by atoms with van der Waals surface area (Å²) >= 11 is 0. The van der Waals surface area contributed by atoms with E-state index in [9.17, 15) is 8.42 Å². The highest BCUT2D eigenvalue weighted by atomic mass is 32.2. The predicted octanol–water partition coefficient (Wildman–Crippen LogP) is 2.90. The molecule has 1 atom stereocenters. The highest BCUT2D eigenvalue weighted by Gasteiger charge is 2.29. The summed E-state index contributed by atoms with van der Waals surface area (Å²) in [7, 11) is -2.10. The Kier molecular flexibility index (Phi) is 6.85. The van der Waals surface area contributed by atoms with Crippen LogP contribution in [0.3, 0.4) is 0 Å². The van der Waals surface area contributed by atoms with E-state index in [1.165, 1.54) is 12.1 Å². The van der Waals surface area contributed by atoms with E-state index in [2.05, 4.69) is 26.7 Å². The Labute approximate surface area is 205 Å². The molecule has 0 unspecified atom stereocenters. The van der Waals surface area contributed by atoms with Crippen molar-refractivity contribution >= 4 is 15.7 Å². The van der Waals surface area contributed by atoms with Gasteiger partial charge in [-0.05, 0) is 48.5 Å². The largest absolute Gasteiger partial charge is 0.497 e. The Morgan fingerprint density at radius 1 is 0.971 bits per heavy atom. The molecule has 5 rings (SSSR count). The van der Waals surface area contributed by atoms with E-state index in [0.717, 1.165) is 43.4 Å². The van der Waals surface area contributed by atoms with Gasteiger partial charge in [0.15, 0.2) is 11.5 Å². The molecule has 186 valence electrons. The number of methoxy groups -OCH3 is 1. The van der Waals surface area contributed by atoms with Crippen molar-refractivity contribution in [3.05, 3.63) is 66.6 Å². The molecule has 1 saturated heterocycles. The molecule has 10 heteroatoms. The summed E-state index contributed by atoms with van der Waals surface area (Å²) in [6, 6.07) is 16.2. The lowest BCUT2D eigenvalue weighted by Crippen LogP contribution is -2.49. The number of nitrogens with one attached hydrogen (secondary N) is 1. The molecule has 3 heterocycles. The third-order valence-electron chi connectivity index (χ3n) is 6.35. The summed E-state index contributed by atoms with van der Waals surface area (Å²) in [6.07, 6.45) is 1.62. The minimum Gasteiger partial charge on any atom is -0.497 e. The molecule has 0 amide bonds. The van der Waals surface area contributed by atoms with Crippen LogP contribution in [-0.4, -0.2) is 66.4 Å². The molecule has 0 aliphatic carbocycles. The van der Waals surface area contributed by atoms with Gasteiger partial charge in [-0.3, -0.25) is 4.90 Å². The number of hydrogen-bond donors (Lipinski definition) is 1. The van der Waals surface area contributed by atoms with Gasteiger partial charge in [-0.1, -0.05) is 0 Å². The van der Waals surface area contributed by atoms with Crippen molar-refractivity contribution in [3.8, 4) is 17.2 Å². The second-order valence-electron chi connectivity index (χ2n) is 8.41. The van der Waals surface area contributed by atoms with Crippen molar-refractivity contribution < 1.29 is 27.0 Å². The maximum atomic E-state index is 13.1. The molecular weight excluding hydrogens is 470 g/mol. The number of anilines is 1. The van der Waals surface area contributed by atoms with Crippen LogP contribution in [0.15, 0.2) is 70.2 Å². The van der Waals surface area contributed by atoms with Crippen LogP contribution in [0.1, 0.15) is 11.8 Å². The highest BCUT2D eigenvalue weighted by Crippen LogP contribution is 2.32. The normalized spacial score (nSPS) is 17.2. The molecule has 1 fully saturated rings. The average Bonchev–Trinajstić information content (AvgIpc) is 3.43. The zero-order valence-corrected chi connectivity index (χ0v) is 20.4. The summed E-state index contributed by atoms with van der Waals surface area (Å²) in [4.78, 5) is 4.71. The lowest BCUT2D eigenvalue weighted by Gasteiger charge is -2.39. The van der Waals surface area contributed by atoms with Crippen LogP contribution in [0, 0.1) is 0 Å². The van der Waals surface area contributed by atoms with Crippen LogP contribution in [-0.2, 0) is 10.0 Å². The zero-order chi connectivity index (χ0) is 24.3. The summed E-state index contributed by atoms with van der Waals surface area (Å²) in [6.45, 7) is 4.21. The fourth-order valence-corrected chi connectivity index (χ4v) is 5.49. The van der Waals surface area contributed by atoms with Gasteiger partial charge < -0.3 is 23.5 Å². The minimum absolute atomic E-state index is 0.143. The molecule has 0 saturated carbocycles. The molecule has 2 aliphatic rings. The second-order valence-corrected chi connectivity index (χ2v) is 10.2. The summed E-state index contributed by atoms with van der Waals surface area (Å²) in [5.74, 6) is 2.55. The third kappa shape index (κ3) is 5.24. The fraction of sp³-hybridized carbons (Fsp3) is 0.360. The molecule has 0 spiro atoms. The first-order chi connectivity index (χ1) is 17.0. The number of rotatable bonds is 8. The van der Waals surface area contributed by atoms with E-state index >= 15 is 0 Å². The number of nitrogens with zero attached hydrogens (tertiary/aromatic N) is 2. The number of benzene rings is 2. The van der Waals surface area contributed by atoms with Gasteiger partial charge in [-0.25, -0.2) is 13.1 Å². The number of hydrogen-bond acceptors (Lipinski definition) is 8. The molecule has 9 nitrogen and oxygen atoms in total. The van der Waals surface area contributed by atoms with Crippen molar-refractivity contribution in [1.29, 1.82) is 0 Å². The Bertz CT molecular complexity index is 1220. The van der Waals surface area contributed by atoms with E-state index < -0.39 is 10.0 Å². The number of sulfonamides is 1. The number of piperazine rings is 1. The topological polar surface area (TPSA) is 93.5 Å². The molecular formula is C25H29N3O6S. The summed E-state index contributed by atoms with van der Waals surface area (Å²) < 4.78 is 50.9. The Morgan fingerprint density at radius 2 is 1.71 bits per heavy atom. The van der Waals surface area contributed by atoms with Crippen molar-refractivity contribution in [3.63, 3.8) is 0 Å².